The number of benzene rings is 1. The van der Waals surface area contributed by atoms with Crippen LogP contribution in [-0.4, -0.2) is 48.7 Å². The first-order chi connectivity index (χ1) is 10.1. The van der Waals surface area contributed by atoms with Gasteiger partial charge in [0.05, 0.1) is 6.42 Å². The van der Waals surface area contributed by atoms with Crippen molar-refractivity contribution in [3.05, 3.63) is 29.8 Å². The number of anilines is 1. The summed E-state index contributed by atoms with van der Waals surface area (Å²) in [6, 6.07) is 8.88. The molecule has 1 heterocycles. The Kier molecular flexibility index (Phi) is 5.62. The minimum atomic E-state index is -0.724. The van der Waals surface area contributed by atoms with Crippen LogP contribution in [0.3, 0.4) is 0 Å². The summed E-state index contributed by atoms with van der Waals surface area (Å²) in [4.78, 5) is 15.6. The van der Waals surface area contributed by atoms with Crippen LogP contribution in [0.4, 0.5) is 5.69 Å². The maximum Gasteiger partial charge on any atom is 0.305 e. The van der Waals surface area contributed by atoms with Gasteiger partial charge in [0.1, 0.15) is 0 Å². The molecule has 2 rings (SSSR count). The first-order valence-corrected chi connectivity index (χ1v) is 7.80. The number of carbonyl (C=O) groups is 1. The van der Waals surface area contributed by atoms with Crippen molar-refractivity contribution >= 4 is 11.7 Å². The van der Waals surface area contributed by atoms with Crippen LogP contribution in [0.15, 0.2) is 24.3 Å². The van der Waals surface area contributed by atoms with Crippen molar-refractivity contribution in [3.8, 4) is 0 Å². The summed E-state index contributed by atoms with van der Waals surface area (Å²) in [5, 5.41) is 9.01. The Labute approximate surface area is 127 Å². The van der Waals surface area contributed by atoms with E-state index in [0.717, 1.165) is 31.6 Å². The quantitative estimate of drug-likeness (QED) is 0.905. The first kappa shape index (κ1) is 15.8. The minimum Gasteiger partial charge on any atom is -0.481 e. The molecule has 21 heavy (non-hydrogen) atoms. The van der Waals surface area contributed by atoms with E-state index in [4.69, 9.17) is 5.11 Å². The zero-order valence-corrected chi connectivity index (χ0v) is 13.1. The molecule has 1 aliphatic heterocycles. The van der Waals surface area contributed by atoms with Gasteiger partial charge in [0.25, 0.3) is 0 Å². The molecule has 1 atom stereocenters. The van der Waals surface area contributed by atoms with E-state index in [9.17, 15) is 4.79 Å². The lowest BCUT2D eigenvalue weighted by atomic mass is 10.1. The molecule has 4 nitrogen and oxygen atoms in total. The zero-order chi connectivity index (χ0) is 15.2. The van der Waals surface area contributed by atoms with Gasteiger partial charge in [-0.3, -0.25) is 4.79 Å². The fourth-order valence-electron chi connectivity index (χ4n) is 3.01. The van der Waals surface area contributed by atoms with Crippen LogP contribution >= 0.6 is 0 Å². The van der Waals surface area contributed by atoms with Gasteiger partial charge in [0.2, 0.25) is 0 Å². The smallest absolute Gasteiger partial charge is 0.305 e. The standard InChI is InChI=1S/C17H26N2O2/c1-14-5-7-16(8-6-14)19(13-10-17(20)21)15-4-3-11-18(2)12-9-15/h5-8,15H,3-4,9-13H2,1-2H3,(H,20,21). The second kappa shape index (κ2) is 7.46. The fourth-order valence-corrected chi connectivity index (χ4v) is 3.01. The summed E-state index contributed by atoms with van der Waals surface area (Å²) in [5.41, 5.74) is 2.38. The van der Waals surface area contributed by atoms with Crippen LogP contribution in [0.25, 0.3) is 0 Å². The highest BCUT2D eigenvalue weighted by Crippen LogP contribution is 2.24. The molecule has 0 spiro atoms. The van der Waals surface area contributed by atoms with Crippen molar-refractivity contribution in [2.24, 2.45) is 0 Å². The third-order valence-electron chi connectivity index (χ3n) is 4.29. The molecule has 0 radical (unpaired) electrons. The Bertz CT molecular complexity index is 458. The maximum absolute atomic E-state index is 11.0. The van der Waals surface area contributed by atoms with Crippen molar-refractivity contribution in [1.82, 2.24) is 4.90 Å². The van der Waals surface area contributed by atoms with Gasteiger partial charge in [-0.1, -0.05) is 17.7 Å². The highest BCUT2D eigenvalue weighted by Gasteiger charge is 2.22. The molecule has 1 aromatic rings. The van der Waals surface area contributed by atoms with Crippen LogP contribution in [-0.2, 0) is 4.79 Å². The summed E-state index contributed by atoms with van der Waals surface area (Å²) in [6.45, 7) is 4.88. The highest BCUT2D eigenvalue weighted by molar-refractivity contribution is 5.67. The number of rotatable bonds is 5. The van der Waals surface area contributed by atoms with Gasteiger partial charge in [-0.15, -0.1) is 0 Å². The average Bonchev–Trinajstić information content (AvgIpc) is 2.66. The van der Waals surface area contributed by atoms with Crippen molar-refractivity contribution in [3.63, 3.8) is 0 Å². The molecule has 1 N–H and O–H groups in total. The molecule has 0 aromatic heterocycles. The van der Waals surface area contributed by atoms with E-state index in [-0.39, 0.29) is 6.42 Å². The first-order valence-electron chi connectivity index (χ1n) is 7.80. The number of nitrogens with zero attached hydrogens (tertiary/aromatic N) is 2. The highest BCUT2D eigenvalue weighted by atomic mass is 16.4. The van der Waals surface area contributed by atoms with Gasteiger partial charge in [-0.25, -0.2) is 0 Å². The molecular formula is C17H26N2O2. The number of carboxylic acids is 1. The zero-order valence-electron chi connectivity index (χ0n) is 13.1. The summed E-state index contributed by atoms with van der Waals surface area (Å²) in [6.07, 6.45) is 3.61. The monoisotopic (exact) mass is 290 g/mol. The molecule has 116 valence electrons. The second-order valence-electron chi connectivity index (χ2n) is 6.06. The number of carboxylic acid groups (broad SMARTS) is 1. The van der Waals surface area contributed by atoms with Crippen LogP contribution in [0, 0.1) is 6.92 Å². The van der Waals surface area contributed by atoms with Crippen molar-refractivity contribution in [1.29, 1.82) is 0 Å². The summed E-state index contributed by atoms with van der Waals surface area (Å²) >= 11 is 0. The Morgan fingerprint density at radius 1 is 1.29 bits per heavy atom. The van der Waals surface area contributed by atoms with Crippen LogP contribution < -0.4 is 4.90 Å². The van der Waals surface area contributed by atoms with Gasteiger partial charge in [-0.05, 0) is 58.5 Å². The van der Waals surface area contributed by atoms with Gasteiger partial charge < -0.3 is 14.9 Å². The fraction of sp³-hybridized carbons (Fsp3) is 0.588. The third kappa shape index (κ3) is 4.74. The lowest BCUT2D eigenvalue weighted by Gasteiger charge is -2.33. The largest absolute Gasteiger partial charge is 0.481 e. The maximum atomic E-state index is 11.0. The minimum absolute atomic E-state index is 0.195. The summed E-state index contributed by atoms with van der Waals surface area (Å²) < 4.78 is 0. The predicted octanol–water partition coefficient (Wildman–Crippen LogP) is 2.76. The van der Waals surface area contributed by atoms with Crippen LogP contribution in [0.5, 0.6) is 0 Å². The molecule has 0 bridgehead atoms. The second-order valence-corrected chi connectivity index (χ2v) is 6.06. The number of aryl methyl sites for hydroxylation is 1. The number of hydrogen-bond donors (Lipinski definition) is 1. The molecule has 1 fully saturated rings. The number of aliphatic carboxylic acids is 1. The summed E-state index contributed by atoms with van der Waals surface area (Å²) in [5.74, 6) is -0.724. The van der Waals surface area contributed by atoms with E-state index in [0.29, 0.717) is 12.6 Å². The lowest BCUT2D eigenvalue weighted by Crippen LogP contribution is -2.37. The Balaban J connectivity index is 2.14. The van der Waals surface area contributed by atoms with E-state index in [1.807, 2.05) is 0 Å². The molecule has 0 saturated carbocycles. The predicted molar refractivity (Wildman–Crippen MR) is 85.9 cm³/mol. The molecule has 0 amide bonds. The summed E-state index contributed by atoms with van der Waals surface area (Å²) in [7, 11) is 2.16. The molecule has 4 heteroatoms. The molecule has 1 unspecified atom stereocenters. The van der Waals surface area contributed by atoms with Crippen molar-refractivity contribution < 1.29 is 9.90 Å². The number of hydrogen-bond acceptors (Lipinski definition) is 3. The normalized spacial score (nSPS) is 20.0. The average molecular weight is 290 g/mol. The topological polar surface area (TPSA) is 43.8 Å². The van der Waals surface area contributed by atoms with E-state index in [1.165, 1.54) is 12.0 Å². The number of likely N-dealkylation sites (tertiary alicyclic amines) is 1. The Hall–Kier alpha value is -1.55. The van der Waals surface area contributed by atoms with Crippen LogP contribution in [0.2, 0.25) is 0 Å². The van der Waals surface area contributed by atoms with Gasteiger partial charge in [0, 0.05) is 18.3 Å². The molecule has 0 aliphatic carbocycles. The van der Waals surface area contributed by atoms with Gasteiger partial charge >= 0.3 is 5.97 Å². The van der Waals surface area contributed by atoms with E-state index >= 15 is 0 Å². The van der Waals surface area contributed by atoms with Crippen molar-refractivity contribution in [2.75, 3.05) is 31.6 Å². The van der Waals surface area contributed by atoms with E-state index in [2.05, 4.69) is 48.0 Å². The van der Waals surface area contributed by atoms with E-state index < -0.39 is 5.97 Å². The van der Waals surface area contributed by atoms with Gasteiger partial charge in [0.15, 0.2) is 0 Å². The third-order valence-corrected chi connectivity index (χ3v) is 4.29. The van der Waals surface area contributed by atoms with Crippen LogP contribution in [0.1, 0.15) is 31.2 Å². The lowest BCUT2D eigenvalue weighted by molar-refractivity contribution is -0.136. The molecular weight excluding hydrogens is 264 g/mol. The SMILES string of the molecule is Cc1ccc(N(CCC(=O)O)C2CCCN(C)CC2)cc1. The molecule has 1 aliphatic rings. The van der Waals surface area contributed by atoms with E-state index in [1.54, 1.807) is 0 Å². The van der Waals surface area contributed by atoms with Crippen molar-refractivity contribution in [2.45, 2.75) is 38.6 Å². The Morgan fingerprint density at radius 2 is 2.00 bits per heavy atom. The molecule has 1 saturated heterocycles. The molecule has 1 aromatic carbocycles. The van der Waals surface area contributed by atoms with Gasteiger partial charge in [-0.2, -0.15) is 0 Å². The Morgan fingerprint density at radius 3 is 2.67 bits per heavy atom.